The molecule has 0 aliphatic rings. The van der Waals surface area contributed by atoms with Crippen molar-refractivity contribution in [2.24, 2.45) is 0 Å². The molecule has 5 nitrogen and oxygen atoms in total. The van der Waals surface area contributed by atoms with Crippen LogP contribution in [0.5, 0.6) is 17.2 Å². The summed E-state index contributed by atoms with van der Waals surface area (Å²) >= 11 is 5.98. The van der Waals surface area contributed by atoms with Gasteiger partial charge >= 0.3 is 0 Å². The Morgan fingerprint density at radius 2 is 1.74 bits per heavy atom. The third-order valence-electron chi connectivity index (χ3n) is 3.20. The molecular formula is C17H18ClNO4. The second-order valence-corrected chi connectivity index (χ2v) is 5.20. The van der Waals surface area contributed by atoms with Crippen LogP contribution in [0.15, 0.2) is 36.4 Å². The highest BCUT2D eigenvalue weighted by Crippen LogP contribution is 2.32. The van der Waals surface area contributed by atoms with Gasteiger partial charge in [0.25, 0.3) is 5.91 Å². The topological polar surface area (TPSA) is 56.8 Å². The number of carbonyl (C=O) groups excluding carboxylic acids is 1. The van der Waals surface area contributed by atoms with E-state index in [2.05, 4.69) is 5.32 Å². The quantitative estimate of drug-likeness (QED) is 0.874. The molecule has 0 atom stereocenters. The van der Waals surface area contributed by atoms with Crippen LogP contribution in [0, 0.1) is 6.92 Å². The van der Waals surface area contributed by atoms with Gasteiger partial charge in [-0.3, -0.25) is 4.79 Å². The summed E-state index contributed by atoms with van der Waals surface area (Å²) < 4.78 is 15.9. The van der Waals surface area contributed by atoms with E-state index in [1.165, 1.54) is 0 Å². The molecule has 2 aromatic carbocycles. The predicted molar refractivity (Wildman–Crippen MR) is 89.9 cm³/mol. The highest BCUT2D eigenvalue weighted by molar-refractivity contribution is 6.32. The molecule has 1 N–H and O–H groups in total. The molecule has 0 radical (unpaired) electrons. The Morgan fingerprint density at radius 1 is 1.09 bits per heavy atom. The lowest BCUT2D eigenvalue weighted by atomic mass is 10.1. The van der Waals surface area contributed by atoms with Crippen molar-refractivity contribution in [3.8, 4) is 17.2 Å². The Hall–Kier alpha value is -2.40. The Labute approximate surface area is 140 Å². The van der Waals surface area contributed by atoms with Gasteiger partial charge < -0.3 is 19.5 Å². The van der Waals surface area contributed by atoms with Gasteiger partial charge in [0.15, 0.2) is 18.1 Å². The van der Waals surface area contributed by atoms with E-state index in [4.69, 9.17) is 25.8 Å². The van der Waals surface area contributed by atoms with E-state index in [0.29, 0.717) is 28.0 Å². The van der Waals surface area contributed by atoms with Gasteiger partial charge in [-0.2, -0.15) is 0 Å². The summed E-state index contributed by atoms with van der Waals surface area (Å²) in [5.74, 6) is 1.32. The van der Waals surface area contributed by atoms with Gasteiger partial charge in [0.1, 0.15) is 5.75 Å². The fourth-order valence-electron chi connectivity index (χ4n) is 2.01. The fraction of sp³-hybridized carbons (Fsp3) is 0.235. The van der Waals surface area contributed by atoms with Crippen molar-refractivity contribution in [3.63, 3.8) is 0 Å². The van der Waals surface area contributed by atoms with Crippen molar-refractivity contribution in [1.29, 1.82) is 0 Å². The molecule has 6 heteroatoms. The third-order valence-corrected chi connectivity index (χ3v) is 3.51. The number of amides is 1. The second-order valence-electron chi connectivity index (χ2n) is 4.79. The first kappa shape index (κ1) is 17.0. The molecule has 23 heavy (non-hydrogen) atoms. The standard InChI is InChI=1S/C17H18ClNO4/c1-11-8-15(21-2)16(22-3)9-13(11)19-17(20)10-23-14-7-5-4-6-12(14)18/h4-9H,10H2,1-3H3,(H,19,20). The lowest BCUT2D eigenvalue weighted by molar-refractivity contribution is -0.118. The van der Waals surface area contributed by atoms with Crippen molar-refractivity contribution >= 4 is 23.2 Å². The maximum Gasteiger partial charge on any atom is 0.262 e. The zero-order valence-corrected chi connectivity index (χ0v) is 13.9. The van der Waals surface area contributed by atoms with E-state index in [1.54, 1.807) is 50.6 Å². The maximum absolute atomic E-state index is 12.1. The molecule has 0 saturated carbocycles. The van der Waals surface area contributed by atoms with Crippen LogP contribution in [0.4, 0.5) is 5.69 Å². The van der Waals surface area contributed by atoms with E-state index < -0.39 is 0 Å². The molecule has 0 heterocycles. The number of hydrogen-bond acceptors (Lipinski definition) is 4. The summed E-state index contributed by atoms with van der Waals surface area (Å²) in [5.41, 5.74) is 1.49. The minimum atomic E-state index is -0.291. The van der Waals surface area contributed by atoms with Crippen LogP contribution in [0.2, 0.25) is 5.02 Å². The molecule has 0 bridgehead atoms. The molecule has 0 saturated heterocycles. The molecule has 0 aliphatic carbocycles. The number of carbonyl (C=O) groups is 1. The molecule has 122 valence electrons. The van der Waals surface area contributed by atoms with Crippen molar-refractivity contribution in [1.82, 2.24) is 0 Å². The average Bonchev–Trinajstić information content (AvgIpc) is 2.55. The van der Waals surface area contributed by atoms with Crippen molar-refractivity contribution in [3.05, 3.63) is 47.0 Å². The molecule has 2 aromatic rings. The molecule has 1 amide bonds. The van der Waals surface area contributed by atoms with Crippen LogP contribution in [-0.4, -0.2) is 26.7 Å². The van der Waals surface area contributed by atoms with Crippen molar-refractivity contribution < 1.29 is 19.0 Å². The van der Waals surface area contributed by atoms with Crippen LogP contribution in [-0.2, 0) is 4.79 Å². The summed E-state index contributed by atoms with van der Waals surface area (Å²) in [4.78, 5) is 12.1. The van der Waals surface area contributed by atoms with Crippen LogP contribution >= 0.6 is 11.6 Å². The number of ether oxygens (including phenoxy) is 3. The summed E-state index contributed by atoms with van der Waals surface area (Å²) in [6.07, 6.45) is 0. The number of aryl methyl sites for hydroxylation is 1. The molecule has 0 aliphatic heterocycles. The van der Waals surface area contributed by atoms with E-state index in [0.717, 1.165) is 5.56 Å². The lowest BCUT2D eigenvalue weighted by Crippen LogP contribution is -2.20. The minimum absolute atomic E-state index is 0.141. The summed E-state index contributed by atoms with van der Waals surface area (Å²) in [6, 6.07) is 10.5. The first-order valence-electron chi connectivity index (χ1n) is 6.95. The highest BCUT2D eigenvalue weighted by Gasteiger charge is 2.12. The van der Waals surface area contributed by atoms with Gasteiger partial charge in [0, 0.05) is 11.8 Å². The predicted octanol–water partition coefficient (Wildman–Crippen LogP) is 3.68. The van der Waals surface area contributed by atoms with Gasteiger partial charge in [0.2, 0.25) is 0 Å². The number of hydrogen-bond donors (Lipinski definition) is 1. The molecule has 0 fully saturated rings. The van der Waals surface area contributed by atoms with Crippen LogP contribution in [0.1, 0.15) is 5.56 Å². The van der Waals surface area contributed by atoms with Crippen LogP contribution < -0.4 is 19.5 Å². The average molecular weight is 336 g/mol. The number of benzene rings is 2. The highest BCUT2D eigenvalue weighted by atomic mass is 35.5. The molecular weight excluding hydrogens is 318 g/mol. The summed E-state index contributed by atoms with van der Waals surface area (Å²) in [6.45, 7) is 1.73. The maximum atomic E-state index is 12.1. The third kappa shape index (κ3) is 4.29. The fourth-order valence-corrected chi connectivity index (χ4v) is 2.20. The number of para-hydroxylation sites is 1. The SMILES string of the molecule is COc1cc(C)c(NC(=O)COc2ccccc2Cl)cc1OC. The second kappa shape index (κ2) is 7.74. The largest absolute Gasteiger partial charge is 0.493 e. The number of rotatable bonds is 6. The van der Waals surface area contributed by atoms with Crippen LogP contribution in [0.25, 0.3) is 0 Å². The van der Waals surface area contributed by atoms with E-state index in [-0.39, 0.29) is 12.5 Å². The zero-order chi connectivity index (χ0) is 16.8. The molecule has 0 spiro atoms. The van der Waals surface area contributed by atoms with Gasteiger partial charge in [0.05, 0.1) is 19.2 Å². The zero-order valence-electron chi connectivity index (χ0n) is 13.2. The van der Waals surface area contributed by atoms with Gasteiger partial charge in [-0.15, -0.1) is 0 Å². The Morgan fingerprint density at radius 3 is 2.39 bits per heavy atom. The Balaban J connectivity index is 2.04. The van der Waals surface area contributed by atoms with E-state index in [9.17, 15) is 4.79 Å². The monoisotopic (exact) mass is 335 g/mol. The van der Waals surface area contributed by atoms with Crippen molar-refractivity contribution in [2.45, 2.75) is 6.92 Å². The Kier molecular flexibility index (Phi) is 5.71. The minimum Gasteiger partial charge on any atom is -0.493 e. The lowest BCUT2D eigenvalue weighted by Gasteiger charge is -2.14. The number of methoxy groups -OCH3 is 2. The smallest absolute Gasteiger partial charge is 0.262 e. The molecule has 0 unspecified atom stereocenters. The number of halogens is 1. The molecule has 2 rings (SSSR count). The number of nitrogens with one attached hydrogen (secondary N) is 1. The van der Waals surface area contributed by atoms with Gasteiger partial charge in [-0.05, 0) is 30.7 Å². The first-order chi connectivity index (χ1) is 11.0. The normalized spacial score (nSPS) is 10.1. The van der Waals surface area contributed by atoms with Gasteiger partial charge in [-0.25, -0.2) is 0 Å². The summed E-state index contributed by atoms with van der Waals surface area (Å²) in [7, 11) is 3.10. The van der Waals surface area contributed by atoms with E-state index >= 15 is 0 Å². The van der Waals surface area contributed by atoms with Crippen LogP contribution in [0.3, 0.4) is 0 Å². The summed E-state index contributed by atoms with van der Waals surface area (Å²) in [5, 5.41) is 3.24. The van der Waals surface area contributed by atoms with Crippen molar-refractivity contribution in [2.75, 3.05) is 26.1 Å². The van der Waals surface area contributed by atoms with E-state index in [1.807, 2.05) is 6.92 Å². The number of anilines is 1. The first-order valence-corrected chi connectivity index (χ1v) is 7.32. The Bertz CT molecular complexity index is 703. The molecule has 0 aromatic heterocycles. The van der Waals surface area contributed by atoms with Gasteiger partial charge in [-0.1, -0.05) is 23.7 Å².